The molecule has 24 heavy (non-hydrogen) atoms. The zero-order valence-electron chi connectivity index (χ0n) is 13.6. The number of aromatic nitrogens is 4. The summed E-state index contributed by atoms with van der Waals surface area (Å²) in [5, 5.41) is 8.50. The summed E-state index contributed by atoms with van der Waals surface area (Å²) in [6.07, 6.45) is 2.61. The molecule has 0 bridgehead atoms. The summed E-state index contributed by atoms with van der Waals surface area (Å²) in [5.74, 6) is 1.34. The fourth-order valence-corrected chi connectivity index (χ4v) is 2.96. The van der Waals surface area contributed by atoms with Gasteiger partial charge >= 0.3 is 0 Å². The predicted molar refractivity (Wildman–Crippen MR) is 86.4 cm³/mol. The van der Waals surface area contributed by atoms with Gasteiger partial charge in [-0.1, -0.05) is 23.4 Å². The Hall–Kier alpha value is -2.51. The number of ether oxygens (including phenoxy) is 1. The Morgan fingerprint density at radius 2 is 2.08 bits per heavy atom. The number of para-hydroxylation sites is 1. The molecule has 7 nitrogen and oxygen atoms in total. The van der Waals surface area contributed by atoms with Gasteiger partial charge in [0, 0.05) is 32.2 Å². The first-order valence-electron chi connectivity index (χ1n) is 7.97. The van der Waals surface area contributed by atoms with Crippen LogP contribution >= 0.6 is 0 Å². The van der Waals surface area contributed by atoms with Crippen molar-refractivity contribution < 1.29 is 9.26 Å². The summed E-state index contributed by atoms with van der Waals surface area (Å²) >= 11 is 0. The Morgan fingerprint density at radius 3 is 2.92 bits per heavy atom. The van der Waals surface area contributed by atoms with Crippen molar-refractivity contribution in [2.24, 2.45) is 0 Å². The molecule has 2 aromatic heterocycles. The number of nitrogens with zero attached hydrogens (tertiary/aromatic N) is 5. The van der Waals surface area contributed by atoms with Crippen LogP contribution in [0.25, 0.3) is 5.69 Å². The molecule has 4 rings (SSSR count). The van der Waals surface area contributed by atoms with Crippen LogP contribution in [0.5, 0.6) is 0 Å². The van der Waals surface area contributed by atoms with Gasteiger partial charge in [-0.2, -0.15) is 10.1 Å². The molecule has 0 N–H and O–H groups in total. The zero-order valence-corrected chi connectivity index (χ0v) is 13.6. The third-order valence-electron chi connectivity index (χ3n) is 4.12. The van der Waals surface area contributed by atoms with Gasteiger partial charge in [0.05, 0.1) is 30.7 Å². The topological polar surface area (TPSA) is 69.2 Å². The second kappa shape index (κ2) is 6.54. The molecule has 124 valence electrons. The van der Waals surface area contributed by atoms with Crippen molar-refractivity contribution in [3.8, 4) is 5.69 Å². The smallest absolute Gasteiger partial charge is 0.240 e. The van der Waals surface area contributed by atoms with E-state index < -0.39 is 0 Å². The average molecular weight is 325 g/mol. The summed E-state index contributed by atoms with van der Waals surface area (Å²) < 4.78 is 12.4. The molecular formula is C17H19N5O2. The quantitative estimate of drug-likeness (QED) is 0.690. The molecule has 0 spiro atoms. The highest BCUT2D eigenvalue weighted by Gasteiger charge is 2.25. The summed E-state index contributed by atoms with van der Waals surface area (Å²) in [7, 11) is 1.67. The molecular weight excluding hydrogens is 306 g/mol. The maximum absolute atomic E-state index is 5.33. The largest absolute Gasteiger partial charge is 0.384 e. The van der Waals surface area contributed by atoms with E-state index >= 15 is 0 Å². The van der Waals surface area contributed by atoms with Crippen LogP contribution in [0.4, 0.5) is 0 Å². The first-order valence-corrected chi connectivity index (χ1v) is 7.97. The minimum atomic E-state index is 0.598. The lowest BCUT2D eigenvalue weighted by Crippen LogP contribution is -2.17. The van der Waals surface area contributed by atoms with Crippen LogP contribution in [-0.4, -0.2) is 38.5 Å². The molecule has 0 aliphatic carbocycles. The monoisotopic (exact) mass is 325 g/mol. The number of fused-ring (bicyclic) bond motifs is 1. The molecule has 0 amide bonds. The summed E-state index contributed by atoms with van der Waals surface area (Å²) in [6, 6.07) is 10.2. The zero-order chi connectivity index (χ0) is 16.4. The van der Waals surface area contributed by atoms with Crippen LogP contribution in [0, 0.1) is 0 Å². The van der Waals surface area contributed by atoms with Gasteiger partial charge in [0.2, 0.25) is 5.89 Å². The van der Waals surface area contributed by atoms with Crippen molar-refractivity contribution in [2.45, 2.75) is 26.1 Å². The Bertz CT molecular complexity index is 812. The van der Waals surface area contributed by atoms with E-state index in [-0.39, 0.29) is 0 Å². The molecule has 7 heteroatoms. The van der Waals surface area contributed by atoms with E-state index in [0.717, 1.165) is 18.8 Å². The lowest BCUT2D eigenvalue weighted by Gasteiger charge is -2.12. The van der Waals surface area contributed by atoms with E-state index in [4.69, 9.17) is 9.26 Å². The normalized spacial score (nSPS) is 14.2. The minimum Gasteiger partial charge on any atom is -0.384 e. The third kappa shape index (κ3) is 2.95. The molecule has 0 radical (unpaired) electrons. The van der Waals surface area contributed by atoms with Crippen molar-refractivity contribution in [3.63, 3.8) is 0 Å². The van der Waals surface area contributed by atoms with Crippen molar-refractivity contribution in [3.05, 3.63) is 59.5 Å². The van der Waals surface area contributed by atoms with Gasteiger partial charge < -0.3 is 9.26 Å². The SMILES string of the molecule is COCCc1noc(CN2Cc3cnn(-c4ccccc4)c3C2)n1. The van der Waals surface area contributed by atoms with Crippen LogP contribution in [0.2, 0.25) is 0 Å². The maximum Gasteiger partial charge on any atom is 0.240 e. The Kier molecular flexibility index (Phi) is 4.10. The highest BCUT2D eigenvalue weighted by Crippen LogP contribution is 2.26. The van der Waals surface area contributed by atoms with Crippen molar-refractivity contribution in [1.29, 1.82) is 0 Å². The predicted octanol–water partition coefficient (Wildman–Crippen LogP) is 1.96. The minimum absolute atomic E-state index is 0.598. The van der Waals surface area contributed by atoms with Gasteiger partial charge in [0.15, 0.2) is 5.82 Å². The summed E-state index contributed by atoms with van der Waals surface area (Å²) in [5.41, 5.74) is 3.55. The van der Waals surface area contributed by atoms with Gasteiger partial charge in [-0.3, -0.25) is 4.90 Å². The van der Waals surface area contributed by atoms with Crippen LogP contribution in [0.1, 0.15) is 23.0 Å². The van der Waals surface area contributed by atoms with Crippen LogP contribution in [0.3, 0.4) is 0 Å². The maximum atomic E-state index is 5.33. The summed E-state index contributed by atoms with van der Waals surface area (Å²) in [4.78, 5) is 6.69. The number of benzene rings is 1. The second-order valence-corrected chi connectivity index (χ2v) is 5.86. The molecule has 1 aliphatic rings. The lowest BCUT2D eigenvalue weighted by atomic mass is 10.3. The molecule has 3 heterocycles. The first kappa shape index (κ1) is 15.0. The van der Waals surface area contributed by atoms with E-state index in [1.54, 1.807) is 7.11 Å². The van der Waals surface area contributed by atoms with E-state index in [2.05, 4.69) is 32.3 Å². The van der Waals surface area contributed by atoms with E-state index in [0.29, 0.717) is 31.3 Å². The number of methoxy groups -OCH3 is 1. The standard InChI is InChI=1S/C17H19N5O2/c1-23-8-7-16-19-17(24-20-16)12-21-10-13-9-18-22(15(13)11-21)14-5-3-2-4-6-14/h2-6,9H,7-8,10-12H2,1H3. The number of hydrogen-bond acceptors (Lipinski definition) is 6. The van der Waals surface area contributed by atoms with Crippen molar-refractivity contribution in [2.75, 3.05) is 13.7 Å². The van der Waals surface area contributed by atoms with Crippen molar-refractivity contribution >= 4 is 0 Å². The Balaban J connectivity index is 1.44. The fraction of sp³-hybridized carbons (Fsp3) is 0.353. The molecule has 1 aliphatic heterocycles. The van der Waals surface area contributed by atoms with Crippen molar-refractivity contribution in [1.82, 2.24) is 24.8 Å². The van der Waals surface area contributed by atoms with Gasteiger partial charge in [-0.25, -0.2) is 4.68 Å². The van der Waals surface area contributed by atoms with Crippen LogP contribution in [0.15, 0.2) is 41.1 Å². The third-order valence-corrected chi connectivity index (χ3v) is 4.12. The van der Waals surface area contributed by atoms with Gasteiger partial charge in [-0.15, -0.1) is 0 Å². The highest BCUT2D eigenvalue weighted by atomic mass is 16.5. The average Bonchev–Trinajstić information content (AvgIpc) is 3.30. The van der Waals surface area contributed by atoms with Crippen LogP contribution < -0.4 is 0 Å². The molecule has 3 aromatic rings. The molecule has 0 fully saturated rings. The molecule has 0 atom stereocenters. The van der Waals surface area contributed by atoms with Gasteiger partial charge in [-0.05, 0) is 12.1 Å². The molecule has 1 aromatic carbocycles. The Labute approximate surface area is 139 Å². The number of rotatable bonds is 6. The number of hydrogen-bond donors (Lipinski definition) is 0. The van der Waals surface area contributed by atoms with Gasteiger partial charge in [0.25, 0.3) is 0 Å². The van der Waals surface area contributed by atoms with E-state index in [1.165, 1.54) is 11.3 Å². The van der Waals surface area contributed by atoms with Crippen LogP contribution in [-0.2, 0) is 30.8 Å². The Morgan fingerprint density at radius 1 is 1.21 bits per heavy atom. The molecule has 0 saturated heterocycles. The summed E-state index contributed by atoms with van der Waals surface area (Å²) in [6.45, 7) is 2.91. The van der Waals surface area contributed by atoms with E-state index in [1.807, 2.05) is 29.1 Å². The highest BCUT2D eigenvalue weighted by molar-refractivity contribution is 5.36. The van der Waals surface area contributed by atoms with Gasteiger partial charge in [0.1, 0.15) is 0 Å². The first-order chi connectivity index (χ1) is 11.8. The molecule has 0 saturated carbocycles. The van der Waals surface area contributed by atoms with E-state index in [9.17, 15) is 0 Å². The second-order valence-electron chi connectivity index (χ2n) is 5.86. The fourth-order valence-electron chi connectivity index (χ4n) is 2.96. The molecule has 0 unspecified atom stereocenters. The lowest BCUT2D eigenvalue weighted by molar-refractivity contribution is 0.199.